The fraction of sp³-hybridized carbons (Fsp3) is 0.368. The molecule has 2 aliphatic carbocycles. The zero-order chi connectivity index (χ0) is 18.4. The van der Waals surface area contributed by atoms with Gasteiger partial charge in [0.15, 0.2) is 0 Å². The molecular formula is C19H18N2O5. The minimum atomic E-state index is -0.667. The molecule has 1 heterocycles. The number of nitrogens with one attached hydrogen (secondary N) is 1. The summed E-state index contributed by atoms with van der Waals surface area (Å²) >= 11 is 0. The topological polar surface area (TPSA) is 92.8 Å². The molecule has 2 fully saturated rings. The van der Waals surface area contributed by atoms with Crippen LogP contribution in [-0.4, -0.2) is 35.1 Å². The molecule has 1 aromatic rings. The van der Waals surface area contributed by atoms with Crippen LogP contribution < -0.4 is 10.1 Å². The molecule has 0 spiro atoms. The third kappa shape index (κ3) is 2.69. The molecular weight excluding hydrogens is 336 g/mol. The van der Waals surface area contributed by atoms with Crippen LogP contribution in [0, 0.1) is 23.7 Å². The molecule has 0 aromatic heterocycles. The fourth-order valence-electron chi connectivity index (χ4n) is 4.22. The molecule has 2 bridgehead atoms. The number of carbonyl (C=O) groups is 4. The highest BCUT2D eigenvalue weighted by molar-refractivity contribution is 6.08. The quantitative estimate of drug-likeness (QED) is 0.381. The van der Waals surface area contributed by atoms with E-state index in [0.717, 1.165) is 11.3 Å². The van der Waals surface area contributed by atoms with Crippen molar-refractivity contribution in [1.29, 1.82) is 0 Å². The second-order valence-corrected chi connectivity index (χ2v) is 6.94. The van der Waals surface area contributed by atoms with E-state index in [9.17, 15) is 19.2 Å². The summed E-state index contributed by atoms with van der Waals surface area (Å²) in [4.78, 5) is 49.3. The van der Waals surface area contributed by atoms with E-state index in [-0.39, 0.29) is 53.7 Å². The van der Waals surface area contributed by atoms with E-state index in [0.29, 0.717) is 5.69 Å². The van der Waals surface area contributed by atoms with E-state index in [1.165, 1.54) is 19.1 Å². The number of ether oxygens (including phenoxy) is 1. The number of hydrogen-bond donors (Lipinski definition) is 1. The maximum Gasteiger partial charge on any atom is 0.331 e. The molecule has 1 N–H and O–H groups in total. The Hall–Kier alpha value is -2.96. The Morgan fingerprint density at radius 3 is 2.19 bits per heavy atom. The number of amides is 3. The van der Waals surface area contributed by atoms with E-state index >= 15 is 0 Å². The molecule has 3 aliphatic rings. The number of allylic oxidation sites excluding steroid dienone is 2. The summed E-state index contributed by atoms with van der Waals surface area (Å²) in [6.45, 7) is 1.02. The predicted molar refractivity (Wildman–Crippen MR) is 90.8 cm³/mol. The first-order valence-corrected chi connectivity index (χ1v) is 8.56. The van der Waals surface area contributed by atoms with Crippen molar-refractivity contribution in [2.24, 2.45) is 23.7 Å². The van der Waals surface area contributed by atoms with Crippen molar-refractivity contribution >= 4 is 29.4 Å². The lowest BCUT2D eigenvalue weighted by Crippen LogP contribution is -2.38. The molecule has 7 heteroatoms. The summed E-state index contributed by atoms with van der Waals surface area (Å²) < 4.78 is 5.21. The number of esters is 1. The minimum Gasteiger partial charge on any atom is -0.425 e. The van der Waals surface area contributed by atoms with Crippen LogP contribution in [0.15, 0.2) is 36.4 Å². The second-order valence-electron chi connectivity index (χ2n) is 6.94. The number of imide groups is 1. The van der Waals surface area contributed by atoms with Gasteiger partial charge in [-0.25, -0.2) is 4.79 Å². The van der Waals surface area contributed by atoms with Crippen LogP contribution in [0.5, 0.6) is 5.75 Å². The van der Waals surface area contributed by atoms with Gasteiger partial charge in [0.2, 0.25) is 17.7 Å². The molecule has 26 heavy (non-hydrogen) atoms. The van der Waals surface area contributed by atoms with Gasteiger partial charge in [0, 0.05) is 12.6 Å². The molecule has 0 unspecified atom stereocenters. The maximum atomic E-state index is 12.5. The van der Waals surface area contributed by atoms with Gasteiger partial charge in [-0.05, 0) is 42.5 Å². The summed E-state index contributed by atoms with van der Waals surface area (Å²) in [7, 11) is 0. The van der Waals surface area contributed by atoms with E-state index in [1.54, 1.807) is 12.1 Å². The number of anilines is 1. The first-order chi connectivity index (χ1) is 12.4. The van der Waals surface area contributed by atoms with E-state index in [2.05, 4.69) is 5.32 Å². The van der Waals surface area contributed by atoms with Gasteiger partial charge < -0.3 is 10.1 Å². The number of fused-ring (bicyclic) bond motifs is 5. The van der Waals surface area contributed by atoms with Gasteiger partial charge in [0.1, 0.15) is 12.3 Å². The van der Waals surface area contributed by atoms with Crippen molar-refractivity contribution in [3.8, 4) is 5.75 Å². The Morgan fingerprint density at radius 2 is 1.65 bits per heavy atom. The molecule has 0 radical (unpaired) electrons. The number of hydrogen-bond acceptors (Lipinski definition) is 5. The molecule has 3 amide bonds. The van der Waals surface area contributed by atoms with Crippen LogP contribution in [0.3, 0.4) is 0 Å². The molecule has 4 rings (SSSR count). The fourth-order valence-corrected chi connectivity index (χ4v) is 4.22. The monoisotopic (exact) mass is 354 g/mol. The van der Waals surface area contributed by atoms with Gasteiger partial charge in [-0.2, -0.15) is 0 Å². The average Bonchev–Trinajstić information content (AvgIpc) is 3.26. The first-order valence-electron chi connectivity index (χ1n) is 8.56. The van der Waals surface area contributed by atoms with Crippen LogP contribution in [0.1, 0.15) is 13.3 Å². The third-order valence-electron chi connectivity index (χ3n) is 5.26. The van der Waals surface area contributed by atoms with E-state index in [1.807, 2.05) is 12.2 Å². The highest BCUT2D eigenvalue weighted by atomic mass is 16.5. The first kappa shape index (κ1) is 16.5. The Labute approximate surface area is 150 Å². The highest BCUT2D eigenvalue weighted by Crippen LogP contribution is 2.52. The smallest absolute Gasteiger partial charge is 0.331 e. The number of rotatable bonds is 4. The van der Waals surface area contributed by atoms with Gasteiger partial charge in [0.25, 0.3) is 0 Å². The van der Waals surface area contributed by atoms with Gasteiger partial charge >= 0.3 is 5.97 Å². The standard InChI is InChI=1S/C19H18N2O5/c1-10(22)20-13-4-6-14(7-5-13)26-15(23)9-21-18(24)16-11-2-3-12(8-11)17(16)19(21)25/h2-7,11-12,16-17H,8-9H2,1H3,(H,20,22)/t11-,12-,16+,17+/m0/s1. The summed E-state index contributed by atoms with van der Waals surface area (Å²) in [6, 6.07) is 6.28. The Bertz CT molecular complexity index is 799. The molecule has 1 saturated carbocycles. The zero-order valence-corrected chi connectivity index (χ0v) is 14.2. The van der Waals surface area contributed by atoms with Crippen molar-refractivity contribution in [2.45, 2.75) is 13.3 Å². The normalized spacial score (nSPS) is 28.4. The van der Waals surface area contributed by atoms with Crippen molar-refractivity contribution in [3.63, 3.8) is 0 Å². The lowest BCUT2D eigenvalue weighted by atomic mass is 9.85. The van der Waals surface area contributed by atoms with E-state index in [4.69, 9.17) is 4.74 Å². The Balaban J connectivity index is 1.39. The number of carbonyl (C=O) groups excluding carboxylic acids is 4. The highest BCUT2D eigenvalue weighted by Gasteiger charge is 2.59. The maximum absolute atomic E-state index is 12.5. The number of likely N-dealkylation sites (tertiary alicyclic amines) is 1. The molecule has 1 aromatic carbocycles. The lowest BCUT2D eigenvalue weighted by molar-refractivity contribution is -0.148. The molecule has 7 nitrogen and oxygen atoms in total. The van der Waals surface area contributed by atoms with Crippen LogP contribution in [0.25, 0.3) is 0 Å². The largest absolute Gasteiger partial charge is 0.425 e. The SMILES string of the molecule is CC(=O)Nc1ccc(OC(=O)CN2C(=O)[C@H]3[C@H](C2=O)[C@H]2C=C[C@H]3C2)cc1. The predicted octanol–water partition coefficient (Wildman–Crippen LogP) is 1.36. The summed E-state index contributed by atoms with van der Waals surface area (Å²) in [6.07, 6.45) is 4.87. The van der Waals surface area contributed by atoms with Crippen LogP contribution in [0.2, 0.25) is 0 Å². The van der Waals surface area contributed by atoms with Gasteiger partial charge in [-0.15, -0.1) is 0 Å². The van der Waals surface area contributed by atoms with Crippen LogP contribution in [-0.2, 0) is 19.2 Å². The van der Waals surface area contributed by atoms with Crippen LogP contribution >= 0.6 is 0 Å². The van der Waals surface area contributed by atoms with Crippen molar-refractivity contribution in [2.75, 3.05) is 11.9 Å². The Kier molecular flexibility index (Phi) is 3.86. The van der Waals surface area contributed by atoms with Crippen LogP contribution in [0.4, 0.5) is 5.69 Å². The Morgan fingerprint density at radius 1 is 1.08 bits per heavy atom. The van der Waals surface area contributed by atoms with Crippen molar-refractivity contribution < 1.29 is 23.9 Å². The number of benzene rings is 1. The molecule has 4 atom stereocenters. The van der Waals surface area contributed by atoms with E-state index < -0.39 is 5.97 Å². The number of nitrogens with zero attached hydrogens (tertiary/aromatic N) is 1. The second kappa shape index (κ2) is 6.09. The molecule has 1 aliphatic heterocycles. The minimum absolute atomic E-state index is 0.115. The van der Waals surface area contributed by atoms with Crippen molar-refractivity contribution in [1.82, 2.24) is 4.90 Å². The summed E-state index contributed by atoms with van der Waals surface area (Å²) in [5.74, 6) is -1.53. The van der Waals surface area contributed by atoms with Gasteiger partial charge in [-0.3, -0.25) is 19.3 Å². The van der Waals surface area contributed by atoms with Gasteiger partial charge in [0.05, 0.1) is 11.8 Å². The summed E-state index contributed by atoms with van der Waals surface area (Å²) in [5.41, 5.74) is 0.581. The zero-order valence-electron chi connectivity index (χ0n) is 14.2. The molecule has 1 saturated heterocycles. The molecule has 134 valence electrons. The van der Waals surface area contributed by atoms with Crippen molar-refractivity contribution in [3.05, 3.63) is 36.4 Å². The average molecular weight is 354 g/mol. The lowest BCUT2D eigenvalue weighted by Gasteiger charge is -2.16. The summed E-state index contributed by atoms with van der Waals surface area (Å²) in [5, 5.41) is 2.61. The third-order valence-corrected chi connectivity index (χ3v) is 5.26. The van der Waals surface area contributed by atoms with Gasteiger partial charge in [-0.1, -0.05) is 12.2 Å².